The van der Waals surface area contributed by atoms with Crippen LogP contribution in [0, 0.1) is 0 Å². The molecule has 3 heterocycles. The predicted molar refractivity (Wildman–Crippen MR) is 195 cm³/mol. The second-order valence-corrected chi connectivity index (χ2v) is 11.8. The molecule has 5 nitrogen and oxygen atoms in total. The maximum Gasteiger partial charge on any atom is 0.145 e. The maximum atomic E-state index is 5.08. The summed E-state index contributed by atoms with van der Waals surface area (Å²) >= 11 is 0. The smallest absolute Gasteiger partial charge is 0.145 e. The van der Waals surface area contributed by atoms with Crippen molar-refractivity contribution in [2.24, 2.45) is 0 Å². The van der Waals surface area contributed by atoms with Gasteiger partial charge in [0.25, 0.3) is 0 Å². The van der Waals surface area contributed by atoms with E-state index in [9.17, 15) is 0 Å². The second-order valence-electron chi connectivity index (χ2n) is 11.8. The summed E-state index contributed by atoms with van der Waals surface area (Å²) in [4.78, 5) is 15.1. The Morgan fingerprint density at radius 3 is 1.60 bits per heavy atom. The summed E-state index contributed by atoms with van der Waals surface area (Å²) in [6.45, 7) is 0. The Balaban J connectivity index is 1.13. The fourth-order valence-corrected chi connectivity index (χ4v) is 6.57. The Bertz CT molecular complexity index is 2550. The summed E-state index contributed by atoms with van der Waals surface area (Å²) in [7, 11) is 0. The van der Waals surface area contributed by atoms with Crippen molar-refractivity contribution >= 4 is 22.1 Å². The summed E-state index contributed by atoms with van der Waals surface area (Å²) in [5.74, 6) is 1.81. The van der Waals surface area contributed by atoms with Gasteiger partial charge in [0, 0.05) is 22.3 Å². The van der Waals surface area contributed by atoms with E-state index in [1.165, 1.54) is 0 Å². The number of aromatic nitrogens is 5. The molecule has 0 spiro atoms. The first kappa shape index (κ1) is 27.7. The number of rotatable bonds is 6. The van der Waals surface area contributed by atoms with Gasteiger partial charge in [-0.2, -0.15) is 0 Å². The van der Waals surface area contributed by atoms with E-state index in [2.05, 4.69) is 143 Å². The molecule has 0 N–H and O–H groups in total. The molecule has 0 saturated heterocycles. The fourth-order valence-electron chi connectivity index (χ4n) is 6.57. The molecule has 0 aliphatic rings. The van der Waals surface area contributed by atoms with E-state index in [-0.39, 0.29) is 0 Å². The molecule has 0 radical (unpaired) electrons. The van der Waals surface area contributed by atoms with Crippen molar-refractivity contribution in [1.82, 2.24) is 24.1 Å². The standard InChI is InChI=1S/C43H29N5/c1-3-14-30(15-4-1)42-45-37-21-8-11-24-40(37)47(42)34-26-27-36(44-29-34)33-19-13-18-32(28-33)35-20-7-10-23-39(35)48-41-25-12-9-22-38(41)46-43(48)31-16-5-2-6-17-31/h1-29H. The van der Waals surface area contributed by atoms with Crippen LogP contribution in [-0.2, 0) is 0 Å². The molecule has 0 aliphatic carbocycles. The average Bonchev–Trinajstić information content (AvgIpc) is 3.75. The van der Waals surface area contributed by atoms with Gasteiger partial charge < -0.3 is 0 Å². The molecule has 5 heteroatoms. The van der Waals surface area contributed by atoms with Gasteiger partial charge in [-0.25, -0.2) is 9.97 Å². The zero-order valence-electron chi connectivity index (χ0n) is 26.0. The number of pyridine rings is 1. The molecule has 6 aromatic carbocycles. The molecule has 48 heavy (non-hydrogen) atoms. The Kier molecular flexibility index (Phi) is 6.72. The highest BCUT2D eigenvalue weighted by Crippen LogP contribution is 2.36. The molecular formula is C43H29N5. The Hall–Kier alpha value is -6.59. The van der Waals surface area contributed by atoms with Gasteiger partial charge in [0.15, 0.2) is 0 Å². The van der Waals surface area contributed by atoms with Crippen molar-refractivity contribution in [3.63, 3.8) is 0 Å². The first-order valence-corrected chi connectivity index (χ1v) is 16.0. The molecular weight excluding hydrogens is 587 g/mol. The number of imidazole rings is 2. The zero-order chi connectivity index (χ0) is 31.9. The lowest BCUT2D eigenvalue weighted by Crippen LogP contribution is -2.00. The van der Waals surface area contributed by atoms with Crippen LogP contribution in [0.5, 0.6) is 0 Å². The third-order valence-electron chi connectivity index (χ3n) is 8.81. The van der Waals surface area contributed by atoms with E-state index in [4.69, 9.17) is 15.0 Å². The summed E-state index contributed by atoms with van der Waals surface area (Å²) < 4.78 is 4.47. The van der Waals surface area contributed by atoms with Gasteiger partial charge in [0.1, 0.15) is 11.6 Å². The van der Waals surface area contributed by atoms with Crippen molar-refractivity contribution in [2.45, 2.75) is 0 Å². The minimum absolute atomic E-state index is 0.895. The van der Waals surface area contributed by atoms with Crippen molar-refractivity contribution < 1.29 is 0 Å². The van der Waals surface area contributed by atoms with Gasteiger partial charge in [-0.15, -0.1) is 0 Å². The van der Waals surface area contributed by atoms with E-state index < -0.39 is 0 Å². The molecule has 0 aliphatic heterocycles. The van der Waals surface area contributed by atoms with Crippen LogP contribution in [-0.4, -0.2) is 24.1 Å². The van der Waals surface area contributed by atoms with Crippen LogP contribution in [0.4, 0.5) is 0 Å². The lowest BCUT2D eigenvalue weighted by atomic mass is 9.99. The number of benzene rings is 6. The Labute approximate surface area is 278 Å². The molecule has 9 aromatic rings. The van der Waals surface area contributed by atoms with Gasteiger partial charge in [0.2, 0.25) is 0 Å². The molecule has 0 bridgehead atoms. The van der Waals surface area contributed by atoms with Gasteiger partial charge in [-0.05, 0) is 54.1 Å². The quantitative estimate of drug-likeness (QED) is 0.187. The van der Waals surface area contributed by atoms with Gasteiger partial charge in [-0.3, -0.25) is 14.1 Å². The normalized spacial score (nSPS) is 11.3. The predicted octanol–water partition coefficient (Wildman–Crippen LogP) is 10.4. The lowest BCUT2D eigenvalue weighted by Gasteiger charge is -2.15. The van der Waals surface area contributed by atoms with Gasteiger partial charge in [-0.1, -0.05) is 121 Å². The van der Waals surface area contributed by atoms with Crippen LogP contribution >= 0.6 is 0 Å². The van der Waals surface area contributed by atoms with Crippen molar-refractivity contribution in [3.8, 4) is 56.5 Å². The molecule has 0 saturated carbocycles. The summed E-state index contributed by atoms with van der Waals surface area (Å²) in [5.41, 5.74) is 12.4. The largest absolute Gasteiger partial charge is 0.292 e. The molecule has 0 unspecified atom stereocenters. The number of hydrogen-bond donors (Lipinski definition) is 0. The molecule has 0 atom stereocenters. The first-order valence-electron chi connectivity index (χ1n) is 16.0. The van der Waals surface area contributed by atoms with Crippen molar-refractivity contribution in [3.05, 3.63) is 176 Å². The van der Waals surface area contributed by atoms with E-state index in [0.29, 0.717) is 0 Å². The van der Waals surface area contributed by atoms with Crippen molar-refractivity contribution in [2.75, 3.05) is 0 Å². The third-order valence-corrected chi connectivity index (χ3v) is 8.81. The zero-order valence-corrected chi connectivity index (χ0v) is 26.0. The van der Waals surface area contributed by atoms with E-state index in [0.717, 1.165) is 78.6 Å². The second kappa shape index (κ2) is 11.6. The molecule has 0 fully saturated rings. The SMILES string of the molecule is c1ccc(-c2nc3ccccc3n2-c2ccc(-c3cccc(-c4ccccc4-n4c(-c5ccccc5)nc5ccccc54)c3)nc2)cc1. The minimum Gasteiger partial charge on any atom is -0.292 e. The van der Waals surface area contributed by atoms with Crippen LogP contribution in [0.2, 0.25) is 0 Å². The van der Waals surface area contributed by atoms with Crippen molar-refractivity contribution in [1.29, 1.82) is 0 Å². The Morgan fingerprint density at radius 1 is 0.396 bits per heavy atom. The fraction of sp³-hybridized carbons (Fsp3) is 0. The van der Waals surface area contributed by atoms with Crippen LogP contribution in [0.25, 0.3) is 78.6 Å². The molecule has 0 amide bonds. The highest BCUT2D eigenvalue weighted by atomic mass is 15.1. The number of para-hydroxylation sites is 5. The maximum absolute atomic E-state index is 5.08. The van der Waals surface area contributed by atoms with Crippen LogP contribution in [0.1, 0.15) is 0 Å². The van der Waals surface area contributed by atoms with Crippen LogP contribution in [0.15, 0.2) is 176 Å². The summed E-state index contributed by atoms with van der Waals surface area (Å²) in [6.07, 6.45) is 1.94. The topological polar surface area (TPSA) is 48.5 Å². The molecule has 9 rings (SSSR count). The number of fused-ring (bicyclic) bond motifs is 2. The highest BCUT2D eigenvalue weighted by molar-refractivity contribution is 5.87. The monoisotopic (exact) mass is 615 g/mol. The Morgan fingerprint density at radius 2 is 0.938 bits per heavy atom. The average molecular weight is 616 g/mol. The van der Waals surface area contributed by atoms with E-state index in [1.54, 1.807) is 0 Å². The molecule has 226 valence electrons. The lowest BCUT2D eigenvalue weighted by molar-refractivity contribution is 1.08. The van der Waals surface area contributed by atoms with E-state index >= 15 is 0 Å². The van der Waals surface area contributed by atoms with Gasteiger partial charge in [0.05, 0.1) is 45.3 Å². The highest BCUT2D eigenvalue weighted by Gasteiger charge is 2.18. The van der Waals surface area contributed by atoms with Gasteiger partial charge >= 0.3 is 0 Å². The number of hydrogen-bond acceptors (Lipinski definition) is 3. The summed E-state index contributed by atoms with van der Waals surface area (Å²) in [6, 6.07) is 58.7. The van der Waals surface area contributed by atoms with Crippen LogP contribution < -0.4 is 0 Å². The molecule has 3 aromatic heterocycles. The minimum atomic E-state index is 0.895. The first-order chi connectivity index (χ1) is 23.8. The summed E-state index contributed by atoms with van der Waals surface area (Å²) in [5, 5.41) is 0. The third kappa shape index (κ3) is 4.77. The number of nitrogens with zero attached hydrogens (tertiary/aromatic N) is 5. The van der Waals surface area contributed by atoms with Crippen LogP contribution in [0.3, 0.4) is 0 Å². The van der Waals surface area contributed by atoms with E-state index in [1.807, 2.05) is 42.6 Å².